The summed E-state index contributed by atoms with van der Waals surface area (Å²) in [6, 6.07) is 7.49. The van der Waals surface area contributed by atoms with Crippen molar-refractivity contribution in [2.45, 2.75) is 19.8 Å². The molecule has 0 aliphatic carbocycles. The van der Waals surface area contributed by atoms with Gasteiger partial charge >= 0.3 is 0 Å². The lowest BCUT2D eigenvalue weighted by molar-refractivity contribution is 0.258. The maximum absolute atomic E-state index is 9.04. The molecule has 0 bridgehead atoms. The number of hydrogen-bond donors (Lipinski definition) is 2. The predicted octanol–water partition coefficient (Wildman–Crippen LogP) is 2.39. The molecule has 2 N–H and O–H groups in total. The Morgan fingerprint density at radius 3 is 2.83 bits per heavy atom. The van der Waals surface area contributed by atoms with Crippen LogP contribution in [-0.4, -0.2) is 25.4 Å². The zero-order valence-electron chi connectivity index (χ0n) is 10.9. The summed E-state index contributed by atoms with van der Waals surface area (Å²) in [6.45, 7) is 3.04. The average Bonchev–Trinajstić information content (AvgIpc) is 2.43. The van der Waals surface area contributed by atoms with Crippen molar-refractivity contribution >= 4 is 5.69 Å². The number of hydrogen-bond acceptors (Lipinski definition) is 4. The molecule has 4 heteroatoms. The summed E-state index contributed by atoms with van der Waals surface area (Å²) in [5.41, 5.74) is 1.39. The molecule has 0 radical (unpaired) electrons. The minimum absolute atomic E-state index is 0.198. The fraction of sp³-hybridized carbons (Fsp3) is 0.500. The third-order valence-corrected chi connectivity index (χ3v) is 3.04. The van der Waals surface area contributed by atoms with Gasteiger partial charge in [0.25, 0.3) is 0 Å². The van der Waals surface area contributed by atoms with E-state index in [1.165, 1.54) is 0 Å². The molecule has 0 heterocycles. The quantitative estimate of drug-likeness (QED) is 0.777. The van der Waals surface area contributed by atoms with Crippen LogP contribution in [0.3, 0.4) is 0 Å². The number of rotatable bonds is 7. The summed E-state index contributed by atoms with van der Waals surface area (Å²) < 4.78 is 5.15. The van der Waals surface area contributed by atoms with Crippen molar-refractivity contribution in [3.05, 3.63) is 23.8 Å². The van der Waals surface area contributed by atoms with E-state index in [4.69, 9.17) is 15.1 Å². The first kappa shape index (κ1) is 14.3. The van der Waals surface area contributed by atoms with Gasteiger partial charge < -0.3 is 15.2 Å². The Hall–Kier alpha value is -1.73. The Kier molecular flexibility index (Phi) is 6.03. The minimum Gasteiger partial charge on any atom is -0.497 e. The third kappa shape index (κ3) is 3.94. The van der Waals surface area contributed by atoms with Gasteiger partial charge in [-0.15, -0.1) is 0 Å². The Morgan fingerprint density at radius 2 is 2.28 bits per heavy atom. The summed E-state index contributed by atoms with van der Waals surface area (Å²) in [7, 11) is 1.60. The molecule has 1 aromatic carbocycles. The molecule has 1 atom stereocenters. The topological polar surface area (TPSA) is 65.3 Å². The van der Waals surface area contributed by atoms with Crippen LogP contribution in [0.2, 0.25) is 0 Å². The first-order valence-corrected chi connectivity index (χ1v) is 6.18. The molecule has 0 amide bonds. The van der Waals surface area contributed by atoms with Crippen LogP contribution in [0, 0.1) is 17.2 Å². The van der Waals surface area contributed by atoms with Crippen LogP contribution in [0.4, 0.5) is 5.69 Å². The van der Waals surface area contributed by atoms with E-state index in [2.05, 4.69) is 18.3 Å². The SMILES string of the molecule is CCC(CCO)CNc1cc(OC)ccc1C#N. The first-order valence-electron chi connectivity index (χ1n) is 6.18. The molecule has 1 unspecified atom stereocenters. The smallest absolute Gasteiger partial charge is 0.121 e. The highest BCUT2D eigenvalue weighted by Crippen LogP contribution is 2.22. The van der Waals surface area contributed by atoms with Crippen molar-refractivity contribution in [3.63, 3.8) is 0 Å². The van der Waals surface area contributed by atoms with E-state index < -0.39 is 0 Å². The largest absolute Gasteiger partial charge is 0.497 e. The number of nitrogens with one attached hydrogen (secondary N) is 1. The number of benzene rings is 1. The summed E-state index contributed by atoms with van der Waals surface area (Å²) in [5, 5.41) is 21.2. The van der Waals surface area contributed by atoms with Crippen LogP contribution in [0.5, 0.6) is 5.75 Å². The van der Waals surface area contributed by atoms with E-state index in [9.17, 15) is 0 Å². The lowest BCUT2D eigenvalue weighted by Gasteiger charge is -2.16. The van der Waals surface area contributed by atoms with Crippen molar-refractivity contribution in [1.29, 1.82) is 5.26 Å². The standard InChI is InChI=1S/C14H20N2O2/c1-3-11(6-7-17)10-16-14-8-13(18-2)5-4-12(14)9-15/h4-5,8,11,16-17H,3,6-7,10H2,1-2H3. The van der Waals surface area contributed by atoms with Crippen LogP contribution >= 0.6 is 0 Å². The molecule has 0 aliphatic rings. The van der Waals surface area contributed by atoms with Crippen molar-refractivity contribution in [1.82, 2.24) is 0 Å². The van der Waals surface area contributed by atoms with Crippen LogP contribution < -0.4 is 10.1 Å². The van der Waals surface area contributed by atoms with E-state index in [-0.39, 0.29) is 6.61 Å². The van der Waals surface area contributed by atoms with Crippen molar-refractivity contribution in [2.24, 2.45) is 5.92 Å². The fourth-order valence-corrected chi connectivity index (χ4v) is 1.78. The van der Waals surface area contributed by atoms with Gasteiger partial charge in [0.2, 0.25) is 0 Å². The molecule has 18 heavy (non-hydrogen) atoms. The molecule has 0 saturated carbocycles. The molecule has 0 saturated heterocycles. The Bertz CT molecular complexity index is 413. The second-order valence-corrected chi connectivity index (χ2v) is 4.19. The number of ether oxygens (including phenoxy) is 1. The van der Waals surface area contributed by atoms with Gasteiger partial charge in [-0.2, -0.15) is 5.26 Å². The third-order valence-electron chi connectivity index (χ3n) is 3.04. The molecule has 0 spiro atoms. The van der Waals surface area contributed by atoms with Crippen LogP contribution in [0.15, 0.2) is 18.2 Å². The average molecular weight is 248 g/mol. The summed E-state index contributed by atoms with van der Waals surface area (Å²) in [5.74, 6) is 1.14. The highest BCUT2D eigenvalue weighted by Gasteiger charge is 2.08. The second-order valence-electron chi connectivity index (χ2n) is 4.19. The van der Waals surface area contributed by atoms with E-state index in [1.807, 2.05) is 6.07 Å². The molecule has 0 aliphatic heterocycles. The molecule has 1 aromatic rings. The number of aliphatic hydroxyl groups excluding tert-OH is 1. The molecule has 0 fully saturated rings. The van der Waals surface area contributed by atoms with Crippen LogP contribution in [-0.2, 0) is 0 Å². The number of nitrogens with zero attached hydrogens (tertiary/aromatic N) is 1. The van der Waals surface area contributed by atoms with Gasteiger partial charge in [-0.25, -0.2) is 0 Å². The van der Waals surface area contributed by atoms with Gasteiger partial charge in [-0.3, -0.25) is 0 Å². The van der Waals surface area contributed by atoms with Gasteiger partial charge in [-0.05, 0) is 24.5 Å². The Morgan fingerprint density at radius 1 is 1.50 bits per heavy atom. The Labute approximate surface area is 108 Å². The lowest BCUT2D eigenvalue weighted by Crippen LogP contribution is -2.15. The monoisotopic (exact) mass is 248 g/mol. The van der Waals surface area contributed by atoms with Gasteiger partial charge in [-0.1, -0.05) is 13.3 Å². The van der Waals surface area contributed by atoms with Crippen molar-refractivity contribution in [3.8, 4) is 11.8 Å². The molecule has 1 rings (SSSR count). The molecule has 0 aromatic heterocycles. The number of nitriles is 1. The molecular formula is C14H20N2O2. The number of aliphatic hydroxyl groups is 1. The van der Waals surface area contributed by atoms with Crippen LogP contribution in [0.1, 0.15) is 25.3 Å². The van der Waals surface area contributed by atoms with Crippen molar-refractivity contribution in [2.75, 3.05) is 25.6 Å². The highest BCUT2D eigenvalue weighted by molar-refractivity contribution is 5.60. The van der Waals surface area contributed by atoms with Gasteiger partial charge in [0.1, 0.15) is 11.8 Å². The molecule has 98 valence electrons. The zero-order chi connectivity index (χ0) is 13.4. The Balaban J connectivity index is 2.73. The number of anilines is 1. The van der Waals surface area contributed by atoms with Gasteiger partial charge in [0.15, 0.2) is 0 Å². The maximum atomic E-state index is 9.04. The summed E-state index contributed by atoms with van der Waals surface area (Å²) >= 11 is 0. The first-order chi connectivity index (χ1) is 8.74. The molecule has 4 nitrogen and oxygen atoms in total. The summed E-state index contributed by atoms with van der Waals surface area (Å²) in [4.78, 5) is 0. The van der Waals surface area contributed by atoms with E-state index >= 15 is 0 Å². The van der Waals surface area contributed by atoms with Crippen molar-refractivity contribution < 1.29 is 9.84 Å². The second kappa shape index (κ2) is 7.57. The normalized spacial score (nSPS) is 11.7. The summed E-state index contributed by atoms with van der Waals surface area (Å²) in [6.07, 6.45) is 1.77. The minimum atomic E-state index is 0.198. The van der Waals surface area contributed by atoms with Gasteiger partial charge in [0.05, 0.1) is 18.4 Å². The van der Waals surface area contributed by atoms with E-state index in [1.54, 1.807) is 19.2 Å². The van der Waals surface area contributed by atoms with E-state index in [0.717, 1.165) is 30.8 Å². The number of methoxy groups -OCH3 is 1. The lowest BCUT2D eigenvalue weighted by atomic mass is 10.0. The van der Waals surface area contributed by atoms with E-state index in [0.29, 0.717) is 11.5 Å². The van der Waals surface area contributed by atoms with Gasteiger partial charge in [0, 0.05) is 19.2 Å². The molecular weight excluding hydrogens is 228 g/mol. The maximum Gasteiger partial charge on any atom is 0.121 e. The fourth-order valence-electron chi connectivity index (χ4n) is 1.78. The highest BCUT2D eigenvalue weighted by atomic mass is 16.5. The predicted molar refractivity (Wildman–Crippen MR) is 71.7 cm³/mol. The van der Waals surface area contributed by atoms with Crippen LogP contribution in [0.25, 0.3) is 0 Å². The zero-order valence-corrected chi connectivity index (χ0v) is 10.9.